The number of nitrogens with one attached hydrogen (secondary N) is 2. The fraction of sp³-hybridized carbons (Fsp3) is 0.261. The fourth-order valence-corrected chi connectivity index (χ4v) is 5.96. The highest BCUT2D eigenvalue weighted by atomic mass is 32.2. The minimum Gasteiger partial charge on any atom is -0.397 e. The van der Waals surface area contributed by atoms with Crippen molar-refractivity contribution in [2.45, 2.75) is 44.4 Å². The molecule has 9 nitrogen and oxygen atoms in total. The summed E-state index contributed by atoms with van der Waals surface area (Å²) in [6, 6.07) is 7.90. The number of anilines is 3. The standard InChI is InChI=1S/C23H23N5O4S2/c1-12-13(2)27-32-22(12)28-34(30,31)16-9-7-15(8-10-16)25-21(29)20-19(24)17-11-14-5-3-4-6-18(14)26-23(17)33-20/h7-11,28H,3-6,24H2,1-2H3,(H,25,29). The highest BCUT2D eigenvalue weighted by Gasteiger charge is 2.22. The van der Waals surface area contributed by atoms with Gasteiger partial charge in [0.1, 0.15) is 9.71 Å². The van der Waals surface area contributed by atoms with Crippen LogP contribution < -0.4 is 15.8 Å². The number of benzene rings is 1. The number of thiophene rings is 1. The zero-order valence-electron chi connectivity index (χ0n) is 18.6. The van der Waals surface area contributed by atoms with Crippen molar-refractivity contribution in [1.29, 1.82) is 0 Å². The number of amides is 1. The zero-order chi connectivity index (χ0) is 24.0. The highest BCUT2D eigenvalue weighted by Crippen LogP contribution is 2.36. The highest BCUT2D eigenvalue weighted by molar-refractivity contribution is 7.92. The third-order valence-electron chi connectivity index (χ3n) is 6.01. The van der Waals surface area contributed by atoms with Gasteiger partial charge in [0, 0.05) is 22.3 Å². The molecule has 0 atom stereocenters. The number of nitrogens with two attached hydrogens (primary N) is 1. The Morgan fingerprint density at radius 1 is 1.15 bits per heavy atom. The molecule has 1 aliphatic carbocycles. The second-order valence-corrected chi connectivity index (χ2v) is 11.0. The number of carbonyl (C=O) groups excluding carboxylic acids is 1. The summed E-state index contributed by atoms with van der Waals surface area (Å²) in [6.45, 7) is 3.44. The van der Waals surface area contributed by atoms with Crippen LogP contribution in [-0.4, -0.2) is 24.5 Å². The number of nitrogen functional groups attached to an aromatic ring is 1. The van der Waals surface area contributed by atoms with Crippen LogP contribution in [0.5, 0.6) is 0 Å². The Balaban J connectivity index is 1.35. The van der Waals surface area contributed by atoms with E-state index in [4.69, 9.17) is 15.2 Å². The first-order valence-corrected chi connectivity index (χ1v) is 13.1. The molecule has 11 heteroatoms. The molecule has 0 radical (unpaired) electrons. The predicted octanol–water partition coefficient (Wildman–Crippen LogP) is 4.42. The van der Waals surface area contributed by atoms with E-state index in [1.165, 1.54) is 41.2 Å². The monoisotopic (exact) mass is 497 g/mol. The van der Waals surface area contributed by atoms with Crippen molar-refractivity contribution in [2.75, 3.05) is 15.8 Å². The van der Waals surface area contributed by atoms with E-state index in [1.54, 1.807) is 13.8 Å². The van der Waals surface area contributed by atoms with Crippen LogP contribution in [-0.2, 0) is 22.9 Å². The molecule has 0 fully saturated rings. The normalized spacial score (nSPS) is 13.6. The Labute approximate surface area is 200 Å². The van der Waals surface area contributed by atoms with Crippen LogP contribution in [0.15, 0.2) is 39.8 Å². The maximum Gasteiger partial charge on any atom is 0.267 e. The van der Waals surface area contributed by atoms with Gasteiger partial charge in [0.05, 0.1) is 16.3 Å². The summed E-state index contributed by atoms with van der Waals surface area (Å²) < 4.78 is 32.7. The molecule has 34 heavy (non-hydrogen) atoms. The number of fused-ring (bicyclic) bond motifs is 2. The summed E-state index contributed by atoms with van der Waals surface area (Å²) in [6.07, 6.45) is 4.19. The lowest BCUT2D eigenvalue weighted by Gasteiger charge is -2.14. The van der Waals surface area contributed by atoms with E-state index in [2.05, 4.69) is 21.3 Å². The molecule has 1 aliphatic rings. The number of rotatable bonds is 5. The van der Waals surface area contributed by atoms with Crippen LogP contribution in [0.1, 0.15) is 45.0 Å². The van der Waals surface area contributed by atoms with E-state index in [0.29, 0.717) is 27.5 Å². The van der Waals surface area contributed by atoms with Crippen molar-refractivity contribution in [3.05, 3.63) is 57.7 Å². The molecule has 1 amide bonds. The fourth-order valence-electron chi connectivity index (χ4n) is 3.92. The quantitative estimate of drug-likeness (QED) is 0.371. The molecule has 5 rings (SSSR count). The maximum atomic E-state index is 12.9. The Morgan fingerprint density at radius 3 is 2.59 bits per heavy atom. The third-order valence-corrected chi connectivity index (χ3v) is 8.47. The molecule has 3 heterocycles. The van der Waals surface area contributed by atoms with Gasteiger partial charge in [0.15, 0.2) is 0 Å². The molecule has 0 saturated carbocycles. The van der Waals surface area contributed by atoms with Gasteiger partial charge in [-0.15, -0.1) is 11.3 Å². The van der Waals surface area contributed by atoms with Gasteiger partial charge in [-0.2, -0.15) is 0 Å². The number of aryl methyl sites for hydroxylation is 3. The van der Waals surface area contributed by atoms with Gasteiger partial charge in [-0.25, -0.2) is 18.1 Å². The first-order chi connectivity index (χ1) is 16.2. The third kappa shape index (κ3) is 4.01. The minimum atomic E-state index is -3.87. The average Bonchev–Trinajstić information content (AvgIpc) is 3.31. The van der Waals surface area contributed by atoms with Gasteiger partial charge < -0.3 is 15.6 Å². The zero-order valence-corrected chi connectivity index (χ0v) is 20.3. The first kappa shape index (κ1) is 22.4. The minimum absolute atomic E-state index is 0.0232. The number of hydrogen-bond acceptors (Lipinski definition) is 8. The second kappa shape index (κ2) is 8.41. The Hall–Kier alpha value is -3.44. The number of carbonyl (C=O) groups is 1. The van der Waals surface area contributed by atoms with Crippen LogP contribution in [0, 0.1) is 13.8 Å². The Kier molecular flexibility index (Phi) is 5.53. The molecule has 0 saturated heterocycles. The van der Waals surface area contributed by atoms with Crippen molar-refractivity contribution < 1.29 is 17.7 Å². The van der Waals surface area contributed by atoms with Gasteiger partial charge in [-0.3, -0.25) is 4.79 Å². The number of nitrogens with zero attached hydrogens (tertiary/aromatic N) is 2. The SMILES string of the molecule is Cc1noc(NS(=O)(=O)c2ccc(NC(=O)c3sc4nc5c(cc4c3N)CCCC5)cc2)c1C. The maximum absolute atomic E-state index is 12.9. The van der Waals surface area contributed by atoms with Crippen molar-refractivity contribution in [2.24, 2.45) is 0 Å². The van der Waals surface area contributed by atoms with Crippen molar-refractivity contribution in [3.8, 4) is 0 Å². The summed E-state index contributed by atoms with van der Waals surface area (Å²) in [5.74, 6) is -0.287. The lowest BCUT2D eigenvalue weighted by molar-refractivity contribution is 0.103. The molecule has 1 aromatic carbocycles. The van der Waals surface area contributed by atoms with Crippen molar-refractivity contribution in [3.63, 3.8) is 0 Å². The first-order valence-electron chi connectivity index (χ1n) is 10.8. The van der Waals surface area contributed by atoms with Gasteiger partial charge >= 0.3 is 0 Å². The molecular weight excluding hydrogens is 474 g/mol. The predicted molar refractivity (Wildman–Crippen MR) is 132 cm³/mol. The molecule has 4 aromatic rings. The molecule has 0 unspecified atom stereocenters. The molecule has 0 aliphatic heterocycles. The lowest BCUT2D eigenvalue weighted by atomic mass is 9.95. The Morgan fingerprint density at radius 2 is 1.88 bits per heavy atom. The van der Waals surface area contributed by atoms with E-state index in [9.17, 15) is 13.2 Å². The molecule has 176 valence electrons. The Bertz CT molecular complexity index is 1520. The molecular formula is C23H23N5O4S2. The molecule has 4 N–H and O–H groups in total. The summed E-state index contributed by atoms with van der Waals surface area (Å²) >= 11 is 1.27. The van der Waals surface area contributed by atoms with Gasteiger partial charge in [0.25, 0.3) is 15.9 Å². The van der Waals surface area contributed by atoms with Crippen molar-refractivity contribution >= 4 is 54.7 Å². The lowest BCUT2D eigenvalue weighted by Crippen LogP contribution is -2.14. The van der Waals surface area contributed by atoms with Gasteiger partial charge in [-0.05, 0) is 75.4 Å². The van der Waals surface area contributed by atoms with Crippen LogP contribution in [0.25, 0.3) is 10.2 Å². The van der Waals surface area contributed by atoms with E-state index in [0.717, 1.165) is 41.6 Å². The second-order valence-electron chi connectivity index (χ2n) is 8.30. The largest absolute Gasteiger partial charge is 0.397 e. The van der Waals surface area contributed by atoms with E-state index < -0.39 is 10.0 Å². The van der Waals surface area contributed by atoms with Gasteiger partial charge in [0.2, 0.25) is 5.88 Å². The van der Waals surface area contributed by atoms with Crippen LogP contribution in [0.2, 0.25) is 0 Å². The summed E-state index contributed by atoms with van der Waals surface area (Å²) in [7, 11) is -3.87. The topological polar surface area (TPSA) is 140 Å². The molecule has 0 spiro atoms. The number of hydrogen-bond donors (Lipinski definition) is 3. The number of aromatic nitrogens is 2. The van der Waals surface area contributed by atoms with E-state index in [1.807, 2.05) is 0 Å². The van der Waals surface area contributed by atoms with E-state index in [-0.39, 0.29) is 16.7 Å². The van der Waals surface area contributed by atoms with Crippen molar-refractivity contribution in [1.82, 2.24) is 10.1 Å². The van der Waals surface area contributed by atoms with Crippen LogP contribution in [0.4, 0.5) is 17.3 Å². The average molecular weight is 498 g/mol. The number of pyridine rings is 1. The molecule has 0 bridgehead atoms. The summed E-state index contributed by atoms with van der Waals surface area (Å²) in [5.41, 5.74) is 10.7. The molecule has 3 aromatic heterocycles. The van der Waals surface area contributed by atoms with Gasteiger partial charge in [-0.1, -0.05) is 5.16 Å². The van der Waals surface area contributed by atoms with Crippen LogP contribution >= 0.6 is 11.3 Å². The van der Waals surface area contributed by atoms with Crippen LogP contribution in [0.3, 0.4) is 0 Å². The smallest absolute Gasteiger partial charge is 0.267 e. The number of sulfonamides is 1. The summed E-state index contributed by atoms with van der Waals surface area (Å²) in [5, 5.41) is 7.35. The summed E-state index contributed by atoms with van der Waals surface area (Å²) in [4.78, 5) is 18.8. The van der Waals surface area contributed by atoms with E-state index >= 15 is 0 Å².